The van der Waals surface area contributed by atoms with Crippen LogP contribution in [0.25, 0.3) is 0 Å². The van der Waals surface area contributed by atoms with Crippen LogP contribution in [0.1, 0.15) is 66.2 Å². The molecule has 1 rings (SSSR count). The summed E-state index contributed by atoms with van der Waals surface area (Å²) in [7, 11) is 4.70. The highest BCUT2D eigenvalue weighted by Gasteiger charge is 2.30. The molecule has 120 valence electrons. The van der Waals surface area contributed by atoms with Gasteiger partial charge in [0.15, 0.2) is 0 Å². The molecule has 2 heteroatoms. The summed E-state index contributed by atoms with van der Waals surface area (Å²) in [4.78, 5) is 5.30. The summed E-state index contributed by atoms with van der Waals surface area (Å²) in [6.45, 7) is 11.9. The fourth-order valence-electron chi connectivity index (χ4n) is 3.38. The largest absolute Gasteiger partial charge is 0.302 e. The van der Waals surface area contributed by atoms with Gasteiger partial charge in [0.25, 0.3) is 0 Å². The SMILES string of the molecule is CC(C)CCN(C)[C@@H]1CCCC[C@H]1N(C)CCC(C)C. The van der Waals surface area contributed by atoms with Crippen LogP contribution >= 0.6 is 0 Å². The highest BCUT2D eigenvalue weighted by Crippen LogP contribution is 2.26. The van der Waals surface area contributed by atoms with Crippen LogP contribution in [0.3, 0.4) is 0 Å². The number of rotatable bonds is 8. The van der Waals surface area contributed by atoms with Crippen LogP contribution in [-0.2, 0) is 0 Å². The van der Waals surface area contributed by atoms with Crippen LogP contribution in [0, 0.1) is 11.8 Å². The maximum atomic E-state index is 2.65. The molecule has 1 saturated carbocycles. The summed E-state index contributed by atoms with van der Waals surface area (Å²) < 4.78 is 0. The number of likely N-dealkylation sites (N-methyl/N-ethyl adjacent to an activating group) is 2. The first-order valence-corrected chi connectivity index (χ1v) is 8.82. The molecule has 0 spiro atoms. The van der Waals surface area contributed by atoms with E-state index in [1.54, 1.807) is 0 Å². The van der Waals surface area contributed by atoms with Crippen LogP contribution in [0.5, 0.6) is 0 Å². The lowest BCUT2D eigenvalue weighted by atomic mass is 9.88. The molecule has 0 aromatic carbocycles. The summed E-state index contributed by atoms with van der Waals surface area (Å²) in [5.41, 5.74) is 0. The summed E-state index contributed by atoms with van der Waals surface area (Å²) in [6.07, 6.45) is 8.29. The number of hydrogen-bond donors (Lipinski definition) is 0. The molecule has 2 atom stereocenters. The lowest BCUT2D eigenvalue weighted by Gasteiger charge is -2.43. The molecule has 0 aromatic heterocycles. The van der Waals surface area contributed by atoms with Gasteiger partial charge in [0.2, 0.25) is 0 Å². The zero-order valence-electron chi connectivity index (χ0n) is 14.9. The van der Waals surface area contributed by atoms with Gasteiger partial charge in [-0.05, 0) is 64.7 Å². The van der Waals surface area contributed by atoms with Crippen molar-refractivity contribution < 1.29 is 0 Å². The van der Waals surface area contributed by atoms with Crippen molar-refractivity contribution in [3.05, 3.63) is 0 Å². The summed E-state index contributed by atoms with van der Waals surface area (Å²) in [5, 5.41) is 0. The third kappa shape index (κ3) is 6.13. The molecular weight excluding hydrogens is 244 g/mol. The molecular formula is C18H38N2. The lowest BCUT2D eigenvalue weighted by Crippen LogP contribution is -2.51. The quantitative estimate of drug-likeness (QED) is 0.656. The van der Waals surface area contributed by atoms with E-state index in [0.29, 0.717) is 0 Å². The molecule has 0 heterocycles. The van der Waals surface area contributed by atoms with Crippen molar-refractivity contribution in [2.45, 2.75) is 78.3 Å². The maximum absolute atomic E-state index is 2.65. The Morgan fingerprint density at radius 3 is 1.40 bits per heavy atom. The zero-order chi connectivity index (χ0) is 15.1. The highest BCUT2D eigenvalue weighted by molar-refractivity contribution is 4.88. The average Bonchev–Trinajstić information content (AvgIpc) is 2.42. The number of nitrogens with zero attached hydrogens (tertiary/aromatic N) is 2. The van der Waals surface area contributed by atoms with Crippen molar-refractivity contribution in [1.82, 2.24) is 9.80 Å². The molecule has 0 N–H and O–H groups in total. The third-order valence-electron chi connectivity index (χ3n) is 4.94. The van der Waals surface area contributed by atoms with E-state index < -0.39 is 0 Å². The van der Waals surface area contributed by atoms with E-state index in [2.05, 4.69) is 51.6 Å². The second kappa shape index (κ2) is 9.04. The van der Waals surface area contributed by atoms with E-state index in [0.717, 1.165) is 23.9 Å². The lowest BCUT2D eigenvalue weighted by molar-refractivity contribution is 0.0725. The van der Waals surface area contributed by atoms with E-state index in [4.69, 9.17) is 0 Å². The minimum Gasteiger partial charge on any atom is -0.302 e. The van der Waals surface area contributed by atoms with Crippen molar-refractivity contribution in [1.29, 1.82) is 0 Å². The first-order valence-electron chi connectivity index (χ1n) is 8.82. The Bertz CT molecular complexity index is 224. The normalized spacial score (nSPS) is 24.3. The standard InChI is InChI=1S/C18H38N2/c1-15(2)11-13-19(5)17-9-7-8-10-18(17)20(6)14-12-16(3)4/h15-18H,7-14H2,1-6H3/t17-,18-/m1/s1. The second-order valence-electron chi connectivity index (χ2n) is 7.75. The third-order valence-corrected chi connectivity index (χ3v) is 4.94. The highest BCUT2D eigenvalue weighted by atomic mass is 15.2. The minimum absolute atomic E-state index is 0.777. The van der Waals surface area contributed by atoms with Gasteiger partial charge >= 0.3 is 0 Å². The molecule has 1 aliphatic carbocycles. The molecule has 0 saturated heterocycles. The van der Waals surface area contributed by atoms with Crippen LogP contribution < -0.4 is 0 Å². The Hall–Kier alpha value is -0.0800. The molecule has 1 aliphatic rings. The topological polar surface area (TPSA) is 6.48 Å². The molecule has 1 fully saturated rings. The fraction of sp³-hybridized carbons (Fsp3) is 1.00. The van der Waals surface area contributed by atoms with E-state index in [1.165, 1.54) is 51.6 Å². The molecule has 0 amide bonds. The molecule has 0 aromatic rings. The Kier molecular flexibility index (Phi) is 8.13. The van der Waals surface area contributed by atoms with E-state index >= 15 is 0 Å². The first-order chi connectivity index (χ1) is 9.41. The van der Waals surface area contributed by atoms with Gasteiger partial charge in [-0.3, -0.25) is 0 Å². The van der Waals surface area contributed by atoms with Crippen molar-refractivity contribution in [2.24, 2.45) is 11.8 Å². The smallest absolute Gasteiger partial charge is 0.0248 e. The van der Waals surface area contributed by atoms with Crippen LogP contribution in [0.15, 0.2) is 0 Å². The maximum Gasteiger partial charge on any atom is 0.0248 e. The van der Waals surface area contributed by atoms with Crippen LogP contribution in [0.2, 0.25) is 0 Å². The summed E-state index contributed by atoms with van der Waals surface area (Å²) in [6, 6.07) is 1.55. The van der Waals surface area contributed by atoms with Crippen molar-refractivity contribution in [2.75, 3.05) is 27.2 Å². The van der Waals surface area contributed by atoms with Crippen molar-refractivity contribution >= 4 is 0 Å². The van der Waals surface area contributed by atoms with Crippen molar-refractivity contribution in [3.8, 4) is 0 Å². The van der Waals surface area contributed by atoms with E-state index in [1.807, 2.05) is 0 Å². The first kappa shape index (κ1) is 18.0. The Balaban J connectivity index is 2.51. The van der Waals surface area contributed by atoms with Gasteiger partial charge in [0.05, 0.1) is 0 Å². The van der Waals surface area contributed by atoms with Gasteiger partial charge in [-0.2, -0.15) is 0 Å². The summed E-state index contributed by atoms with van der Waals surface area (Å²) >= 11 is 0. The average molecular weight is 283 g/mol. The fourth-order valence-corrected chi connectivity index (χ4v) is 3.38. The molecule has 0 bridgehead atoms. The minimum atomic E-state index is 0.777. The predicted octanol–water partition coefficient (Wildman–Crippen LogP) is 4.25. The Morgan fingerprint density at radius 2 is 1.10 bits per heavy atom. The van der Waals surface area contributed by atoms with Gasteiger partial charge in [-0.25, -0.2) is 0 Å². The Labute approximate surface area is 127 Å². The van der Waals surface area contributed by atoms with Crippen LogP contribution in [0.4, 0.5) is 0 Å². The molecule has 2 nitrogen and oxygen atoms in total. The summed E-state index contributed by atoms with van der Waals surface area (Å²) in [5.74, 6) is 1.64. The molecule has 0 aliphatic heterocycles. The van der Waals surface area contributed by atoms with Gasteiger partial charge in [0, 0.05) is 12.1 Å². The monoisotopic (exact) mass is 282 g/mol. The van der Waals surface area contributed by atoms with Crippen LogP contribution in [-0.4, -0.2) is 49.1 Å². The van der Waals surface area contributed by atoms with Gasteiger partial charge in [0.1, 0.15) is 0 Å². The van der Waals surface area contributed by atoms with E-state index in [-0.39, 0.29) is 0 Å². The molecule has 20 heavy (non-hydrogen) atoms. The second-order valence-corrected chi connectivity index (χ2v) is 7.75. The van der Waals surface area contributed by atoms with Gasteiger partial charge < -0.3 is 9.80 Å². The molecule has 0 unspecified atom stereocenters. The molecule has 0 radical (unpaired) electrons. The van der Waals surface area contributed by atoms with Gasteiger partial charge in [-0.15, -0.1) is 0 Å². The number of hydrogen-bond acceptors (Lipinski definition) is 2. The predicted molar refractivity (Wildman–Crippen MR) is 90.2 cm³/mol. The zero-order valence-corrected chi connectivity index (χ0v) is 14.9. The van der Waals surface area contributed by atoms with E-state index in [9.17, 15) is 0 Å². The van der Waals surface area contributed by atoms with Crippen molar-refractivity contribution in [3.63, 3.8) is 0 Å². The van der Waals surface area contributed by atoms with Gasteiger partial charge in [-0.1, -0.05) is 40.5 Å². The Morgan fingerprint density at radius 1 is 0.750 bits per heavy atom.